The second-order valence-corrected chi connectivity index (χ2v) is 5.39. The zero-order valence-corrected chi connectivity index (χ0v) is 12.2. The number of benzene rings is 1. The molecule has 22 heavy (non-hydrogen) atoms. The maximum absolute atomic E-state index is 12.1. The van der Waals surface area contributed by atoms with Crippen molar-refractivity contribution in [1.82, 2.24) is 4.90 Å². The quantitative estimate of drug-likeness (QED) is 0.941. The van der Waals surface area contributed by atoms with Crippen LogP contribution in [0.3, 0.4) is 0 Å². The van der Waals surface area contributed by atoms with Crippen LogP contribution in [-0.4, -0.2) is 23.9 Å². The highest BCUT2D eigenvalue weighted by atomic mass is 16.4. The summed E-state index contributed by atoms with van der Waals surface area (Å²) in [4.78, 5) is 14.5. The number of anilines is 1. The molecule has 5 heteroatoms. The first kappa shape index (κ1) is 14.4. The maximum Gasteiger partial charge on any atom is 0.291 e. The van der Waals surface area contributed by atoms with E-state index in [-0.39, 0.29) is 5.91 Å². The van der Waals surface area contributed by atoms with E-state index in [1.165, 1.54) is 12.8 Å². The molecule has 112 valence electrons. The van der Waals surface area contributed by atoms with Crippen LogP contribution in [0, 0.1) is 11.3 Å². The molecule has 1 aromatic heterocycles. The van der Waals surface area contributed by atoms with E-state index in [1.54, 1.807) is 30.3 Å². The van der Waals surface area contributed by atoms with Gasteiger partial charge in [0.1, 0.15) is 5.76 Å². The zero-order valence-electron chi connectivity index (χ0n) is 12.2. The molecule has 5 nitrogen and oxygen atoms in total. The Morgan fingerprint density at radius 1 is 1.18 bits per heavy atom. The van der Waals surface area contributed by atoms with Gasteiger partial charge in [0.25, 0.3) is 5.91 Å². The second-order valence-electron chi connectivity index (χ2n) is 5.39. The normalized spacial score (nSPS) is 14.7. The van der Waals surface area contributed by atoms with Gasteiger partial charge in [0, 0.05) is 5.69 Å². The average molecular weight is 295 g/mol. The van der Waals surface area contributed by atoms with Crippen LogP contribution in [0.4, 0.5) is 5.69 Å². The fourth-order valence-corrected chi connectivity index (χ4v) is 2.57. The summed E-state index contributed by atoms with van der Waals surface area (Å²) in [5.41, 5.74) is 1.20. The molecule has 1 aliphatic heterocycles. The van der Waals surface area contributed by atoms with Gasteiger partial charge in [-0.25, -0.2) is 0 Å². The second kappa shape index (κ2) is 6.46. The average Bonchev–Trinajstić information content (AvgIpc) is 3.20. The summed E-state index contributed by atoms with van der Waals surface area (Å²) >= 11 is 0. The Hall–Kier alpha value is -2.58. The summed E-state index contributed by atoms with van der Waals surface area (Å²) in [7, 11) is 0. The predicted octanol–water partition coefficient (Wildman–Crippen LogP) is 3.00. The number of carbonyl (C=O) groups is 1. The van der Waals surface area contributed by atoms with E-state index in [1.807, 2.05) is 12.1 Å². The van der Waals surface area contributed by atoms with Crippen LogP contribution in [-0.2, 0) is 6.54 Å². The third-order valence-corrected chi connectivity index (χ3v) is 3.74. The summed E-state index contributed by atoms with van der Waals surface area (Å²) in [5.74, 6) is 0.836. The molecule has 0 unspecified atom stereocenters. The number of amides is 1. The number of nitrogens with zero attached hydrogens (tertiary/aromatic N) is 2. The number of hydrogen-bond donors (Lipinski definition) is 1. The van der Waals surface area contributed by atoms with Crippen molar-refractivity contribution < 1.29 is 9.21 Å². The molecule has 1 amide bonds. The standard InChI is InChI=1S/C17H17N3O2/c18-11-13-3-5-14(6-4-13)19-17(21)16-8-7-15(22-16)12-20-9-1-2-10-20/h3-8H,1-2,9-10,12H2,(H,19,21). The fraction of sp³-hybridized carbons (Fsp3) is 0.294. The molecule has 2 heterocycles. The Balaban J connectivity index is 1.62. The Morgan fingerprint density at radius 3 is 2.59 bits per heavy atom. The topological polar surface area (TPSA) is 69.3 Å². The number of carbonyl (C=O) groups excluding carboxylic acids is 1. The van der Waals surface area contributed by atoms with Crippen LogP contribution in [0.5, 0.6) is 0 Å². The van der Waals surface area contributed by atoms with E-state index >= 15 is 0 Å². The van der Waals surface area contributed by atoms with Gasteiger partial charge in [-0.2, -0.15) is 5.26 Å². The molecule has 1 fully saturated rings. The van der Waals surface area contributed by atoms with Crippen molar-refractivity contribution in [3.05, 3.63) is 53.5 Å². The number of rotatable bonds is 4. The third-order valence-electron chi connectivity index (χ3n) is 3.74. The van der Waals surface area contributed by atoms with Crippen LogP contribution < -0.4 is 5.32 Å². The summed E-state index contributed by atoms with van der Waals surface area (Å²) in [6.45, 7) is 2.94. The van der Waals surface area contributed by atoms with Gasteiger partial charge in [-0.3, -0.25) is 9.69 Å². The lowest BCUT2D eigenvalue weighted by atomic mass is 10.2. The largest absolute Gasteiger partial charge is 0.455 e. The Morgan fingerprint density at radius 2 is 1.91 bits per heavy atom. The number of likely N-dealkylation sites (tertiary alicyclic amines) is 1. The summed E-state index contributed by atoms with van der Waals surface area (Å²) in [6.07, 6.45) is 2.46. The van der Waals surface area contributed by atoms with Crippen molar-refractivity contribution in [3.8, 4) is 6.07 Å². The first-order valence-corrected chi connectivity index (χ1v) is 7.37. The van der Waals surface area contributed by atoms with Crippen molar-refractivity contribution in [1.29, 1.82) is 5.26 Å². The molecule has 0 atom stereocenters. The first-order valence-electron chi connectivity index (χ1n) is 7.37. The van der Waals surface area contributed by atoms with Crippen LogP contribution in [0.15, 0.2) is 40.8 Å². The highest BCUT2D eigenvalue weighted by molar-refractivity contribution is 6.02. The van der Waals surface area contributed by atoms with Crippen LogP contribution >= 0.6 is 0 Å². The van der Waals surface area contributed by atoms with Gasteiger partial charge in [0.2, 0.25) is 0 Å². The van der Waals surface area contributed by atoms with E-state index in [4.69, 9.17) is 9.68 Å². The van der Waals surface area contributed by atoms with Gasteiger partial charge in [-0.1, -0.05) is 0 Å². The lowest BCUT2D eigenvalue weighted by molar-refractivity contribution is 0.0993. The van der Waals surface area contributed by atoms with E-state index in [9.17, 15) is 4.79 Å². The van der Waals surface area contributed by atoms with Crippen LogP contribution in [0.1, 0.15) is 34.7 Å². The van der Waals surface area contributed by atoms with Crippen molar-refractivity contribution in [2.75, 3.05) is 18.4 Å². The minimum absolute atomic E-state index is 0.280. The van der Waals surface area contributed by atoms with Crippen molar-refractivity contribution >= 4 is 11.6 Å². The molecule has 2 aromatic rings. The van der Waals surface area contributed by atoms with Crippen molar-refractivity contribution in [2.45, 2.75) is 19.4 Å². The zero-order chi connectivity index (χ0) is 15.4. The SMILES string of the molecule is N#Cc1ccc(NC(=O)c2ccc(CN3CCCC3)o2)cc1. The molecule has 1 saturated heterocycles. The first-order chi connectivity index (χ1) is 10.7. The summed E-state index contributed by atoms with van der Waals surface area (Å²) in [5, 5.41) is 11.5. The Labute approximate surface area is 129 Å². The van der Waals surface area contributed by atoms with Crippen molar-refractivity contribution in [2.24, 2.45) is 0 Å². The molecule has 0 aliphatic carbocycles. The molecule has 0 saturated carbocycles. The van der Waals surface area contributed by atoms with E-state index in [0.29, 0.717) is 17.0 Å². The smallest absolute Gasteiger partial charge is 0.291 e. The monoisotopic (exact) mass is 295 g/mol. The highest BCUT2D eigenvalue weighted by Crippen LogP contribution is 2.16. The van der Waals surface area contributed by atoms with E-state index in [2.05, 4.69) is 10.2 Å². The minimum atomic E-state index is -0.280. The lowest BCUT2D eigenvalue weighted by Gasteiger charge is -2.11. The van der Waals surface area contributed by atoms with E-state index in [0.717, 1.165) is 25.4 Å². The molecule has 1 aromatic carbocycles. The van der Waals surface area contributed by atoms with E-state index < -0.39 is 0 Å². The van der Waals surface area contributed by atoms with Gasteiger partial charge < -0.3 is 9.73 Å². The Bertz CT molecular complexity index is 691. The molecule has 0 bridgehead atoms. The molecule has 0 radical (unpaired) electrons. The molecule has 1 N–H and O–H groups in total. The fourth-order valence-electron chi connectivity index (χ4n) is 2.57. The summed E-state index contributed by atoms with van der Waals surface area (Å²) in [6, 6.07) is 12.3. The highest BCUT2D eigenvalue weighted by Gasteiger charge is 2.16. The molecular weight excluding hydrogens is 278 g/mol. The number of furan rings is 1. The minimum Gasteiger partial charge on any atom is -0.455 e. The lowest BCUT2D eigenvalue weighted by Crippen LogP contribution is -2.18. The summed E-state index contributed by atoms with van der Waals surface area (Å²) < 4.78 is 5.62. The van der Waals surface area contributed by atoms with Gasteiger partial charge in [0.05, 0.1) is 18.2 Å². The Kier molecular flexibility index (Phi) is 4.22. The molecule has 3 rings (SSSR count). The number of nitriles is 1. The number of hydrogen-bond acceptors (Lipinski definition) is 4. The molecule has 0 spiro atoms. The van der Waals surface area contributed by atoms with Gasteiger partial charge in [-0.15, -0.1) is 0 Å². The third kappa shape index (κ3) is 3.35. The van der Waals surface area contributed by atoms with Gasteiger partial charge in [-0.05, 0) is 62.3 Å². The number of nitrogens with one attached hydrogen (secondary N) is 1. The van der Waals surface area contributed by atoms with Crippen LogP contribution in [0.25, 0.3) is 0 Å². The van der Waals surface area contributed by atoms with Crippen LogP contribution in [0.2, 0.25) is 0 Å². The van der Waals surface area contributed by atoms with Crippen molar-refractivity contribution in [3.63, 3.8) is 0 Å². The van der Waals surface area contributed by atoms with Gasteiger partial charge >= 0.3 is 0 Å². The van der Waals surface area contributed by atoms with Gasteiger partial charge in [0.15, 0.2) is 5.76 Å². The molecule has 1 aliphatic rings. The molecular formula is C17H17N3O2. The maximum atomic E-state index is 12.1. The predicted molar refractivity (Wildman–Crippen MR) is 82.3 cm³/mol.